The second kappa shape index (κ2) is 32.9. The van der Waals surface area contributed by atoms with Gasteiger partial charge in [0.05, 0.1) is 29.4 Å². The molecular formula is C104H156N6O8. The van der Waals surface area contributed by atoms with Gasteiger partial charge in [-0.25, -0.2) is 14.4 Å². The normalized spacial score (nSPS) is 40.7. The van der Waals surface area contributed by atoms with Gasteiger partial charge >= 0.3 is 17.9 Å². The third kappa shape index (κ3) is 15.5. The monoisotopic (exact) mass is 1620 g/mol. The Labute approximate surface area is 711 Å². The van der Waals surface area contributed by atoms with Gasteiger partial charge in [0, 0.05) is 58.8 Å². The summed E-state index contributed by atoms with van der Waals surface area (Å²) in [5.74, 6) is 10.2. The molecule has 14 aliphatic rings. The fourth-order valence-corrected chi connectivity index (χ4v) is 31.1. The molecule has 14 nitrogen and oxygen atoms in total. The van der Waals surface area contributed by atoms with Crippen LogP contribution in [0.5, 0.6) is 0 Å². The second-order valence-corrected chi connectivity index (χ2v) is 45.1. The number of hydrogen-bond acceptors (Lipinski definition) is 14. The van der Waals surface area contributed by atoms with Crippen LogP contribution in [0.1, 0.15) is 347 Å². The fourth-order valence-electron chi connectivity index (χ4n) is 31.1. The number of hydrogen-bond donors (Lipinski definition) is 6. The molecule has 1 spiro atoms. The van der Waals surface area contributed by atoms with Crippen LogP contribution in [0.15, 0.2) is 89.0 Å². The molecule has 0 bridgehead atoms. The topological polar surface area (TPSA) is 253 Å². The Hall–Kier alpha value is -5.99. The summed E-state index contributed by atoms with van der Waals surface area (Å²) < 4.78 is 31.5. The Morgan fingerprint density at radius 2 is 1.13 bits per heavy atom. The summed E-state index contributed by atoms with van der Waals surface area (Å²) in [5, 5.41) is 0. The van der Waals surface area contributed by atoms with Crippen LogP contribution in [0, 0.1) is 132 Å². The third-order valence-electron chi connectivity index (χ3n) is 37.9. The average molecular weight is 1620 g/mol. The van der Waals surface area contributed by atoms with E-state index in [9.17, 15) is 14.4 Å². The molecule has 650 valence electrons. The summed E-state index contributed by atoms with van der Waals surface area (Å²) in [6.07, 6.45) is 44.3. The first kappa shape index (κ1) is 86.9. The number of nitrogens with two attached hydrogens (primary N) is 6. The van der Waals surface area contributed by atoms with Crippen LogP contribution < -0.4 is 34.4 Å². The zero-order valence-electron chi connectivity index (χ0n) is 75.9. The summed E-state index contributed by atoms with van der Waals surface area (Å²) in [6.45, 7) is 40.4. The minimum absolute atomic E-state index is 0.0217. The van der Waals surface area contributed by atoms with Crippen molar-refractivity contribution in [3.8, 4) is 0 Å². The van der Waals surface area contributed by atoms with Gasteiger partial charge in [-0.3, -0.25) is 0 Å². The van der Waals surface area contributed by atoms with Crippen LogP contribution in [0.25, 0.3) is 0 Å². The first-order valence-corrected chi connectivity index (χ1v) is 47.7. The van der Waals surface area contributed by atoms with E-state index < -0.39 is 0 Å². The molecule has 12 N–H and O–H groups in total. The van der Waals surface area contributed by atoms with Crippen molar-refractivity contribution >= 4 is 52.0 Å². The molecule has 17 rings (SSSR count). The third-order valence-corrected chi connectivity index (χ3v) is 37.9. The van der Waals surface area contributed by atoms with E-state index in [1.54, 1.807) is 65.7 Å². The van der Waals surface area contributed by atoms with E-state index in [0.717, 1.165) is 136 Å². The summed E-state index contributed by atoms with van der Waals surface area (Å²) in [4.78, 5) is 39.1. The summed E-state index contributed by atoms with van der Waals surface area (Å²) in [7, 11) is 0. The predicted octanol–water partition coefficient (Wildman–Crippen LogP) is 24.5. The summed E-state index contributed by atoms with van der Waals surface area (Å²) in [5.41, 5.74) is 48.7. The highest BCUT2D eigenvalue weighted by molar-refractivity contribution is 5.97. The molecule has 2 saturated heterocycles. The maximum Gasteiger partial charge on any atom is 0.340 e. The van der Waals surface area contributed by atoms with Gasteiger partial charge in [-0.1, -0.05) is 151 Å². The lowest BCUT2D eigenvalue weighted by Crippen LogP contribution is -2.55. The van der Waals surface area contributed by atoms with Crippen LogP contribution in [-0.2, 0) is 23.7 Å². The van der Waals surface area contributed by atoms with Gasteiger partial charge in [-0.05, 0) is 362 Å². The van der Waals surface area contributed by atoms with Gasteiger partial charge in [0.25, 0.3) is 0 Å². The van der Waals surface area contributed by atoms with Gasteiger partial charge in [0.2, 0.25) is 0 Å². The van der Waals surface area contributed by atoms with Gasteiger partial charge in [-0.15, -0.1) is 0 Å². The van der Waals surface area contributed by atoms with Crippen molar-refractivity contribution in [2.24, 2.45) is 132 Å². The zero-order chi connectivity index (χ0) is 84.4. The summed E-state index contributed by atoms with van der Waals surface area (Å²) >= 11 is 0. The van der Waals surface area contributed by atoms with Crippen molar-refractivity contribution < 1.29 is 38.1 Å². The van der Waals surface area contributed by atoms with Crippen molar-refractivity contribution in [3.05, 3.63) is 106 Å². The number of rotatable bonds is 15. The van der Waals surface area contributed by atoms with E-state index in [4.69, 9.17) is 58.1 Å². The maximum atomic E-state index is 13.2. The van der Waals surface area contributed by atoms with Gasteiger partial charge in [0.1, 0.15) is 18.3 Å². The van der Waals surface area contributed by atoms with Gasteiger partial charge < -0.3 is 58.1 Å². The number of carbonyl (C=O) groups excluding carboxylic acids is 3. The molecule has 9 saturated carbocycles. The number of esters is 3. The summed E-state index contributed by atoms with van der Waals surface area (Å²) in [6, 6.07) is 15.1. The molecule has 0 amide bonds. The molecule has 26 atom stereocenters. The molecule has 3 aromatic carbocycles. The highest BCUT2D eigenvalue weighted by Crippen LogP contribution is 2.75. The van der Waals surface area contributed by atoms with Gasteiger partial charge in [0.15, 0.2) is 5.79 Å². The molecule has 11 fully saturated rings. The molecule has 12 aliphatic carbocycles. The maximum absolute atomic E-state index is 13.2. The van der Waals surface area contributed by atoms with Crippen molar-refractivity contribution in [1.29, 1.82) is 0 Å². The molecule has 118 heavy (non-hydrogen) atoms. The smallest absolute Gasteiger partial charge is 0.340 e. The SMILES string of the molecule is CC(C)=CCCC(C)C1CCC2(C)C3=C(CCC12C)C1(C)CCC(OC(=O)c2ccc(N)cc2N)C(C)(C)C1CC3.CC(C)CCCC(C)C1CCC2C3CC=C4CC(OC(=O)c5ccc(N)cc5N)CCC4(C)C3CCC12C.CC1CCC2(CC3C(CC4C5CCC6CC(OC(=O)c7ccc(N)cc7N)CCC6(C)C5CCC34C)O2)OC1. The molecule has 14 heteroatoms. The Balaban J connectivity index is 0.000000139. The lowest BCUT2D eigenvalue weighted by atomic mass is 9.43. The zero-order valence-corrected chi connectivity index (χ0v) is 75.9. The Kier molecular flexibility index (Phi) is 24.3. The van der Waals surface area contributed by atoms with E-state index >= 15 is 0 Å². The van der Waals surface area contributed by atoms with Crippen molar-refractivity contribution in [2.75, 3.05) is 41.0 Å². The van der Waals surface area contributed by atoms with E-state index in [1.165, 1.54) is 147 Å². The van der Waals surface area contributed by atoms with E-state index in [-0.39, 0.29) is 58.3 Å². The molecule has 2 aliphatic heterocycles. The van der Waals surface area contributed by atoms with E-state index in [1.807, 2.05) is 5.57 Å². The minimum atomic E-state index is -0.323. The fraction of sp³-hybridized carbons (Fsp3) is 0.740. The molecule has 3 aromatic rings. The number of carbonyl (C=O) groups is 3. The Morgan fingerprint density at radius 1 is 0.525 bits per heavy atom. The number of anilines is 6. The van der Waals surface area contributed by atoms with Crippen LogP contribution in [0.3, 0.4) is 0 Å². The van der Waals surface area contributed by atoms with Crippen molar-refractivity contribution in [3.63, 3.8) is 0 Å². The van der Waals surface area contributed by atoms with Crippen LogP contribution in [-0.4, -0.2) is 54.7 Å². The predicted molar refractivity (Wildman–Crippen MR) is 481 cm³/mol. The van der Waals surface area contributed by atoms with E-state index in [0.29, 0.717) is 108 Å². The first-order valence-electron chi connectivity index (χ1n) is 47.7. The minimum Gasteiger partial charge on any atom is -0.459 e. The first-order chi connectivity index (χ1) is 55.8. The number of benzene rings is 3. The van der Waals surface area contributed by atoms with Crippen LogP contribution >= 0.6 is 0 Å². The Morgan fingerprint density at radius 3 is 1.76 bits per heavy atom. The largest absolute Gasteiger partial charge is 0.459 e. The van der Waals surface area contributed by atoms with Crippen molar-refractivity contribution in [1.82, 2.24) is 0 Å². The van der Waals surface area contributed by atoms with E-state index in [2.05, 4.69) is 123 Å². The molecule has 26 unspecified atom stereocenters. The second-order valence-electron chi connectivity index (χ2n) is 45.1. The average Bonchev–Trinajstić information content (AvgIpc) is 1.37. The number of allylic oxidation sites excluding steroid dienone is 5. The lowest BCUT2D eigenvalue weighted by molar-refractivity contribution is -0.256. The number of ether oxygens (including phenoxy) is 5. The van der Waals surface area contributed by atoms with Crippen molar-refractivity contribution in [2.45, 2.75) is 346 Å². The molecule has 0 aromatic heterocycles. The van der Waals surface area contributed by atoms with Gasteiger partial charge in [-0.2, -0.15) is 0 Å². The highest BCUT2D eigenvalue weighted by atomic mass is 16.7. The quantitative estimate of drug-likeness (QED) is 0.0358. The number of fused-ring (bicyclic) bond motifs is 16. The van der Waals surface area contributed by atoms with Crippen LogP contribution in [0.4, 0.5) is 34.1 Å². The number of nitrogen functional groups attached to an aromatic ring is 6. The lowest BCUT2D eigenvalue weighted by Gasteiger charge is -2.62. The Bertz CT molecular complexity index is 4300. The van der Waals surface area contributed by atoms with Crippen LogP contribution in [0.2, 0.25) is 0 Å². The highest BCUT2D eigenvalue weighted by Gasteiger charge is 2.69. The molecule has 0 radical (unpaired) electrons. The standard InChI is InChI=1S/C37H56N2O2.C34H52N2O2.C33H48N2O4/c1-23(2)10-9-11-24(3)27-16-20-37(8)29-14-15-31-34(4,5)32(41-33(40)26-13-12-25(38)22-30(26)39)18-19-35(31,6)28(29)17-21-36(27,37)7;1-21(2)7-6-8-22(3)28-13-14-29-26-11-9-23-19-25(38-32(37)27-12-10-24(35)20-31(27)36)15-17-33(23,4)30(26)16-18-34(28,29)5;1-19-8-13-33(37-18-19)17-27-29(39-33)16-26-23-6-4-20-14-22(38-30(36)24-7-5-21(34)15-28(24)35)9-11-31(20,2)25(23)10-12-32(26,27)3/h10,12-13,22,24,27,31-32H,9,11,14-21,38-39H2,1-8H3;9-10,12,20-22,25-26,28-30H,6-8,11,13-19,35-36H2,1-5H3;5,7,15,19-20,22-23,25-27,29H,4,6,8-14,16-18,34-35H2,1-3H3. The molecule has 2 heterocycles. The molecular weight excluding hydrogens is 1460 g/mol.